The van der Waals surface area contributed by atoms with Gasteiger partial charge in [-0.3, -0.25) is 19.8 Å². The Morgan fingerprint density at radius 2 is 1.62 bits per heavy atom. The number of carbonyl (C=O) groups is 1. The van der Waals surface area contributed by atoms with E-state index in [0.29, 0.717) is 18.8 Å². The maximum absolute atomic E-state index is 12.9. The molecule has 0 radical (unpaired) electrons. The first-order valence-electron chi connectivity index (χ1n) is 9.14. The predicted octanol–water partition coefficient (Wildman–Crippen LogP) is 1.93. The molecule has 0 aliphatic carbocycles. The maximum Gasteiger partial charge on any atom is 0.289 e. The monoisotopic (exact) mass is 418 g/mol. The molecule has 1 fully saturated rings. The molecule has 1 aliphatic heterocycles. The minimum absolute atomic E-state index is 0.150. The van der Waals surface area contributed by atoms with E-state index in [-0.39, 0.29) is 23.9 Å². The van der Waals surface area contributed by atoms with E-state index in [1.165, 1.54) is 28.6 Å². The second-order valence-electron chi connectivity index (χ2n) is 6.70. The number of rotatable bonds is 6. The second-order valence-corrected chi connectivity index (χ2v) is 8.60. The molecule has 0 aromatic heterocycles. The van der Waals surface area contributed by atoms with Gasteiger partial charge in [0.2, 0.25) is 15.9 Å². The summed E-state index contributed by atoms with van der Waals surface area (Å²) in [4.78, 5) is 24.5. The molecule has 1 aliphatic rings. The molecule has 2 aromatic rings. The number of anilines is 1. The molecule has 1 saturated heterocycles. The lowest BCUT2D eigenvalue weighted by molar-refractivity contribution is -0.387. The van der Waals surface area contributed by atoms with Gasteiger partial charge in [0.15, 0.2) is 4.90 Å². The zero-order chi connectivity index (χ0) is 21.0. The third kappa shape index (κ3) is 4.61. The number of piperazine rings is 1. The number of carbonyl (C=O) groups excluding carboxylic acids is 1. The van der Waals surface area contributed by atoms with E-state index >= 15 is 0 Å². The van der Waals surface area contributed by atoms with Crippen molar-refractivity contribution < 1.29 is 18.1 Å². The largest absolute Gasteiger partial charge is 0.325 e. The number of para-hydroxylation sites is 2. The van der Waals surface area contributed by atoms with Crippen molar-refractivity contribution in [2.45, 2.75) is 17.9 Å². The number of amides is 1. The summed E-state index contributed by atoms with van der Waals surface area (Å²) >= 11 is 0. The van der Waals surface area contributed by atoms with Gasteiger partial charge in [0, 0.05) is 37.9 Å². The van der Waals surface area contributed by atoms with E-state index in [1.54, 1.807) is 19.1 Å². The van der Waals surface area contributed by atoms with Crippen molar-refractivity contribution >= 4 is 27.3 Å². The van der Waals surface area contributed by atoms with E-state index in [1.807, 2.05) is 23.1 Å². The molecule has 1 amide bonds. The Hall–Kier alpha value is -2.82. The Kier molecular flexibility index (Phi) is 6.26. The van der Waals surface area contributed by atoms with Crippen molar-refractivity contribution in [2.24, 2.45) is 0 Å². The Balaban J connectivity index is 1.65. The summed E-state index contributed by atoms with van der Waals surface area (Å²) in [6.45, 7) is 2.77. The highest BCUT2D eigenvalue weighted by Gasteiger charge is 2.35. The van der Waals surface area contributed by atoms with Crippen LogP contribution in [0.4, 0.5) is 11.4 Å². The van der Waals surface area contributed by atoms with Gasteiger partial charge in [-0.2, -0.15) is 4.31 Å². The van der Waals surface area contributed by atoms with Crippen LogP contribution in [-0.4, -0.2) is 60.7 Å². The molecule has 1 N–H and O–H groups in total. The van der Waals surface area contributed by atoms with Gasteiger partial charge in [0.1, 0.15) is 0 Å². The zero-order valence-electron chi connectivity index (χ0n) is 15.9. The molecule has 29 heavy (non-hydrogen) atoms. The number of benzene rings is 2. The van der Waals surface area contributed by atoms with Crippen molar-refractivity contribution in [2.75, 3.05) is 31.5 Å². The number of nitrogens with one attached hydrogen (secondary N) is 1. The Labute approximate surface area is 169 Å². The van der Waals surface area contributed by atoms with E-state index in [0.717, 1.165) is 0 Å². The fourth-order valence-corrected chi connectivity index (χ4v) is 4.81. The lowest BCUT2D eigenvalue weighted by Crippen LogP contribution is -2.53. The summed E-state index contributed by atoms with van der Waals surface area (Å²) in [7, 11) is -3.99. The molecule has 0 spiro atoms. The lowest BCUT2D eigenvalue weighted by Gasteiger charge is -2.36. The SMILES string of the molecule is C[C@@H](C(=O)Nc1ccccc1)N1CCN(S(=O)(=O)c2ccccc2[N+](=O)[O-])CC1. The number of nitro groups is 1. The van der Waals surface area contributed by atoms with Crippen LogP contribution >= 0.6 is 0 Å². The summed E-state index contributed by atoms with van der Waals surface area (Å²) < 4.78 is 27.0. The standard InChI is InChI=1S/C19H22N4O5S/c1-15(19(24)20-16-7-3-2-4-8-16)21-11-13-22(14-12-21)29(27,28)18-10-6-5-9-17(18)23(25)26/h2-10,15H,11-14H2,1H3,(H,20,24)/t15-/m0/s1. The van der Waals surface area contributed by atoms with E-state index in [2.05, 4.69) is 5.32 Å². The van der Waals surface area contributed by atoms with Crippen LogP contribution in [0.15, 0.2) is 59.5 Å². The molecule has 9 nitrogen and oxygen atoms in total. The average molecular weight is 418 g/mol. The van der Waals surface area contributed by atoms with E-state index in [9.17, 15) is 23.3 Å². The van der Waals surface area contributed by atoms with Gasteiger partial charge in [-0.05, 0) is 25.1 Å². The predicted molar refractivity (Wildman–Crippen MR) is 108 cm³/mol. The average Bonchev–Trinajstić information content (AvgIpc) is 2.74. The van der Waals surface area contributed by atoms with Gasteiger partial charge in [-0.1, -0.05) is 30.3 Å². The summed E-state index contributed by atoms with van der Waals surface area (Å²) in [6, 6.07) is 14.0. The van der Waals surface area contributed by atoms with Crippen LogP contribution < -0.4 is 5.32 Å². The van der Waals surface area contributed by atoms with Gasteiger partial charge in [0.05, 0.1) is 11.0 Å². The first kappa shape index (κ1) is 20.9. The molecule has 0 saturated carbocycles. The molecule has 0 unspecified atom stereocenters. The van der Waals surface area contributed by atoms with Gasteiger partial charge in [0.25, 0.3) is 5.69 Å². The van der Waals surface area contributed by atoms with Gasteiger partial charge in [-0.15, -0.1) is 0 Å². The first-order chi connectivity index (χ1) is 13.8. The molecule has 3 rings (SSSR count). The summed E-state index contributed by atoms with van der Waals surface area (Å²) in [5.74, 6) is -0.175. The van der Waals surface area contributed by atoms with Crippen molar-refractivity contribution in [1.82, 2.24) is 9.21 Å². The molecule has 0 bridgehead atoms. The number of hydrogen-bond donors (Lipinski definition) is 1. The molecular formula is C19H22N4O5S. The minimum Gasteiger partial charge on any atom is -0.325 e. The molecule has 2 aromatic carbocycles. The highest BCUT2D eigenvalue weighted by Crippen LogP contribution is 2.27. The van der Waals surface area contributed by atoms with Crippen LogP contribution in [0.25, 0.3) is 0 Å². The normalized spacial score (nSPS) is 16.9. The molecule has 1 heterocycles. The Bertz CT molecular complexity index is 989. The Morgan fingerprint density at radius 1 is 1.03 bits per heavy atom. The lowest BCUT2D eigenvalue weighted by atomic mass is 10.2. The number of hydrogen-bond acceptors (Lipinski definition) is 6. The maximum atomic E-state index is 12.9. The molecule has 10 heteroatoms. The zero-order valence-corrected chi connectivity index (χ0v) is 16.7. The quantitative estimate of drug-likeness (QED) is 0.567. The van der Waals surface area contributed by atoms with Crippen LogP contribution in [0.2, 0.25) is 0 Å². The molecule has 1 atom stereocenters. The smallest absolute Gasteiger partial charge is 0.289 e. The van der Waals surface area contributed by atoms with Crippen LogP contribution in [0.5, 0.6) is 0 Å². The van der Waals surface area contributed by atoms with Gasteiger partial charge < -0.3 is 5.32 Å². The van der Waals surface area contributed by atoms with Crippen molar-refractivity contribution in [3.63, 3.8) is 0 Å². The second kappa shape index (κ2) is 8.68. The van der Waals surface area contributed by atoms with Crippen LogP contribution in [0, 0.1) is 10.1 Å². The van der Waals surface area contributed by atoms with Crippen LogP contribution in [0.1, 0.15) is 6.92 Å². The van der Waals surface area contributed by atoms with E-state index < -0.39 is 26.7 Å². The molecule has 154 valence electrons. The third-order valence-electron chi connectivity index (χ3n) is 4.92. The van der Waals surface area contributed by atoms with Crippen molar-refractivity contribution in [1.29, 1.82) is 0 Å². The highest BCUT2D eigenvalue weighted by molar-refractivity contribution is 7.89. The first-order valence-corrected chi connectivity index (χ1v) is 10.6. The minimum atomic E-state index is -3.99. The van der Waals surface area contributed by atoms with Crippen LogP contribution in [-0.2, 0) is 14.8 Å². The Morgan fingerprint density at radius 3 is 2.24 bits per heavy atom. The van der Waals surface area contributed by atoms with Gasteiger partial charge in [-0.25, -0.2) is 8.42 Å². The van der Waals surface area contributed by atoms with E-state index in [4.69, 9.17) is 0 Å². The summed E-state index contributed by atoms with van der Waals surface area (Å²) in [5, 5.41) is 14.0. The highest BCUT2D eigenvalue weighted by atomic mass is 32.2. The number of sulfonamides is 1. The van der Waals surface area contributed by atoms with Gasteiger partial charge >= 0.3 is 0 Å². The fraction of sp³-hybridized carbons (Fsp3) is 0.316. The summed E-state index contributed by atoms with van der Waals surface area (Å²) in [5.41, 5.74) is 0.257. The van der Waals surface area contributed by atoms with Crippen LogP contribution in [0.3, 0.4) is 0 Å². The number of nitro benzene ring substituents is 1. The fourth-order valence-electron chi connectivity index (χ4n) is 3.23. The number of nitrogens with zero attached hydrogens (tertiary/aromatic N) is 3. The summed E-state index contributed by atoms with van der Waals surface area (Å²) in [6.07, 6.45) is 0. The molecular weight excluding hydrogens is 396 g/mol. The third-order valence-corrected chi connectivity index (χ3v) is 6.87. The van der Waals surface area contributed by atoms with Crippen molar-refractivity contribution in [3.8, 4) is 0 Å². The van der Waals surface area contributed by atoms with Crippen molar-refractivity contribution in [3.05, 3.63) is 64.7 Å². The topological polar surface area (TPSA) is 113 Å².